The van der Waals surface area contributed by atoms with E-state index in [0.29, 0.717) is 5.75 Å². The molecule has 1 aromatic rings. The summed E-state index contributed by atoms with van der Waals surface area (Å²) in [6, 6.07) is 7.63. The van der Waals surface area contributed by atoms with Gasteiger partial charge >= 0.3 is 0 Å². The van der Waals surface area contributed by atoms with Crippen LogP contribution in [0, 0.1) is 0 Å². The summed E-state index contributed by atoms with van der Waals surface area (Å²) in [5.41, 5.74) is 1.12. The highest BCUT2D eigenvalue weighted by Crippen LogP contribution is 2.21. The molecule has 1 aliphatic rings. The smallest absolute Gasteiger partial charge is 0.123 e. The molecule has 0 bridgehead atoms. The summed E-state index contributed by atoms with van der Waals surface area (Å²) >= 11 is 0. The molecule has 16 heavy (non-hydrogen) atoms. The summed E-state index contributed by atoms with van der Waals surface area (Å²) in [7, 11) is 0. The van der Waals surface area contributed by atoms with E-state index in [0.717, 1.165) is 25.3 Å². The fourth-order valence-corrected chi connectivity index (χ4v) is 1.71. The highest BCUT2D eigenvalue weighted by molar-refractivity contribution is 5.29. The summed E-state index contributed by atoms with van der Waals surface area (Å²) < 4.78 is 22.7. The summed E-state index contributed by atoms with van der Waals surface area (Å²) in [6.07, 6.45) is 0.115. The molecule has 0 aliphatic carbocycles. The van der Waals surface area contributed by atoms with E-state index in [-0.39, 0.29) is 12.7 Å². The monoisotopic (exact) mass is 225 g/mol. The third kappa shape index (κ3) is 2.93. The van der Waals surface area contributed by atoms with Crippen LogP contribution in [0.2, 0.25) is 0 Å². The molecule has 0 amide bonds. The zero-order valence-electron chi connectivity index (χ0n) is 9.12. The van der Waals surface area contributed by atoms with Gasteiger partial charge < -0.3 is 14.8 Å². The molecule has 4 heteroatoms. The van der Waals surface area contributed by atoms with Crippen LogP contribution in [-0.2, 0) is 4.74 Å². The lowest BCUT2D eigenvalue weighted by Crippen LogP contribution is -2.33. The van der Waals surface area contributed by atoms with Crippen LogP contribution in [0.15, 0.2) is 24.3 Å². The van der Waals surface area contributed by atoms with Crippen molar-refractivity contribution in [1.29, 1.82) is 0 Å². The van der Waals surface area contributed by atoms with Crippen molar-refractivity contribution >= 4 is 0 Å². The van der Waals surface area contributed by atoms with Crippen LogP contribution < -0.4 is 10.1 Å². The average Bonchev–Trinajstić information content (AvgIpc) is 2.38. The van der Waals surface area contributed by atoms with Gasteiger partial charge in [-0.3, -0.25) is 0 Å². The lowest BCUT2D eigenvalue weighted by atomic mass is 10.1. The van der Waals surface area contributed by atoms with Crippen LogP contribution >= 0.6 is 0 Å². The van der Waals surface area contributed by atoms with Gasteiger partial charge in [0.15, 0.2) is 0 Å². The Morgan fingerprint density at radius 1 is 1.38 bits per heavy atom. The number of hydrogen-bond acceptors (Lipinski definition) is 3. The first-order valence-electron chi connectivity index (χ1n) is 5.51. The van der Waals surface area contributed by atoms with Crippen molar-refractivity contribution in [3.63, 3.8) is 0 Å². The number of morpholine rings is 1. The average molecular weight is 225 g/mol. The molecule has 0 saturated carbocycles. The third-order valence-electron chi connectivity index (χ3n) is 2.53. The first kappa shape index (κ1) is 11.4. The Labute approximate surface area is 94.6 Å². The number of benzene rings is 1. The molecule has 1 aromatic carbocycles. The van der Waals surface area contributed by atoms with E-state index in [1.165, 1.54) is 0 Å². The summed E-state index contributed by atoms with van der Waals surface area (Å²) in [5.74, 6) is 0.699. The number of nitrogens with one attached hydrogen (secondary N) is 1. The van der Waals surface area contributed by atoms with Gasteiger partial charge in [-0.2, -0.15) is 0 Å². The minimum absolute atomic E-state index is 0.112. The van der Waals surface area contributed by atoms with E-state index in [1.54, 1.807) is 0 Å². The van der Waals surface area contributed by atoms with Crippen molar-refractivity contribution in [2.45, 2.75) is 6.10 Å². The minimum Gasteiger partial charge on any atom is -0.491 e. The van der Waals surface area contributed by atoms with Crippen LogP contribution in [0.25, 0.3) is 0 Å². The van der Waals surface area contributed by atoms with Gasteiger partial charge in [0, 0.05) is 13.1 Å². The molecule has 2 rings (SSSR count). The first-order valence-corrected chi connectivity index (χ1v) is 5.51. The van der Waals surface area contributed by atoms with Gasteiger partial charge in [0.1, 0.15) is 19.0 Å². The Kier molecular flexibility index (Phi) is 4.13. The van der Waals surface area contributed by atoms with Crippen molar-refractivity contribution in [2.24, 2.45) is 0 Å². The van der Waals surface area contributed by atoms with Crippen LogP contribution in [-0.4, -0.2) is 33.0 Å². The molecule has 88 valence electrons. The second kappa shape index (κ2) is 5.82. The lowest BCUT2D eigenvalue weighted by Gasteiger charge is -2.24. The van der Waals surface area contributed by atoms with E-state index in [1.807, 2.05) is 24.3 Å². The van der Waals surface area contributed by atoms with Gasteiger partial charge in [-0.1, -0.05) is 12.1 Å². The number of rotatable bonds is 4. The zero-order valence-corrected chi connectivity index (χ0v) is 9.12. The number of alkyl halides is 1. The van der Waals surface area contributed by atoms with Crippen molar-refractivity contribution in [3.05, 3.63) is 29.8 Å². The van der Waals surface area contributed by atoms with E-state index in [2.05, 4.69) is 5.32 Å². The van der Waals surface area contributed by atoms with Crippen molar-refractivity contribution in [3.8, 4) is 5.75 Å². The largest absolute Gasteiger partial charge is 0.491 e. The molecule has 1 unspecified atom stereocenters. The van der Waals surface area contributed by atoms with Gasteiger partial charge in [-0.15, -0.1) is 0 Å². The topological polar surface area (TPSA) is 30.5 Å². The number of halogens is 1. The van der Waals surface area contributed by atoms with E-state index >= 15 is 0 Å². The minimum atomic E-state index is -0.461. The molecule has 1 fully saturated rings. The van der Waals surface area contributed by atoms with E-state index in [4.69, 9.17) is 9.47 Å². The van der Waals surface area contributed by atoms with Gasteiger partial charge in [0.25, 0.3) is 0 Å². The molecule has 1 aliphatic heterocycles. The molecule has 1 saturated heterocycles. The normalized spacial score (nSPS) is 20.7. The second-order valence-corrected chi connectivity index (χ2v) is 3.67. The molecule has 0 radical (unpaired) electrons. The van der Waals surface area contributed by atoms with E-state index in [9.17, 15) is 4.39 Å². The Bertz CT molecular complexity index is 309. The van der Waals surface area contributed by atoms with Gasteiger partial charge in [0.2, 0.25) is 0 Å². The third-order valence-corrected chi connectivity index (χ3v) is 2.53. The second-order valence-electron chi connectivity index (χ2n) is 3.67. The fraction of sp³-hybridized carbons (Fsp3) is 0.500. The number of hydrogen-bond donors (Lipinski definition) is 1. The van der Waals surface area contributed by atoms with Crippen molar-refractivity contribution in [1.82, 2.24) is 5.32 Å². The van der Waals surface area contributed by atoms with Crippen LogP contribution in [0.5, 0.6) is 5.75 Å². The maximum atomic E-state index is 11.9. The van der Waals surface area contributed by atoms with Crippen LogP contribution in [0.4, 0.5) is 4.39 Å². The van der Waals surface area contributed by atoms with E-state index < -0.39 is 6.67 Å². The molecular weight excluding hydrogens is 209 g/mol. The highest BCUT2D eigenvalue weighted by atomic mass is 19.1. The molecule has 0 aromatic heterocycles. The molecule has 1 N–H and O–H groups in total. The molecule has 3 nitrogen and oxygen atoms in total. The highest BCUT2D eigenvalue weighted by Gasteiger charge is 2.15. The van der Waals surface area contributed by atoms with Crippen LogP contribution in [0.1, 0.15) is 11.7 Å². The Morgan fingerprint density at radius 2 is 2.19 bits per heavy atom. The Morgan fingerprint density at radius 3 is 2.81 bits per heavy atom. The molecule has 1 heterocycles. The summed E-state index contributed by atoms with van der Waals surface area (Å²) in [5, 5.41) is 3.28. The first-order chi connectivity index (χ1) is 7.90. The summed E-state index contributed by atoms with van der Waals surface area (Å²) in [6.45, 7) is 2.14. The van der Waals surface area contributed by atoms with Gasteiger partial charge in [-0.05, 0) is 17.7 Å². The zero-order chi connectivity index (χ0) is 11.2. The van der Waals surface area contributed by atoms with Crippen molar-refractivity contribution < 1.29 is 13.9 Å². The predicted molar refractivity (Wildman–Crippen MR) is 59.5 cm³/mol. The predicted octanol–water partition coefficient (Wildman–Crippen LogP) is 1.70. The van der Waals surface area contributed by atoms with Crippen LogP contribution in [0.3, 0.4) is 0 Å². The maximum absolute atomic E-state index is 11.9. The SMILES string of the molecule is FCCOc1ccc(C2CNCCO2)cc1. The Hall–Kier alpha value is -1.13. The molecule has 1 atom stereocenters. The molecular formula is C12H16FNO2. The van der Waals surface area contributed by atoms with Crippen molar-refractivity contribution in [2.75, 3.05) is 33.0 Å². The summed E-state index contributed by atoms with van der Waals surface area (Å²) in [4.78, 5) is 0. The number of ether oxygens (including phenoxy) is 2. The molecule has 0 spiro atoms. The standard InChI is InChI=1S/C12H16FNO2/c13-5-7-15-11-3-1-10(2-4-11)12-9-14-6-8-16-12/h1-4,12,14H,5-9H2. The fourth-order valence-electron chi connectivity index (χ4n) is 1.71. The lowest BCUT2D eigenvalue weighted by molar-refractivity contribution is 0.0277. The Balaban J connectivity index is 1.95. The quantitative estimate of drug-likeness (QED) is 0.846. The maximum Gasteiger partial charge on any atom is 0.123 e. The van der Waals surface area contributed by atoms with Gasteiger partial charge in [-0.25, -0.2) is 4.39 Å². The van der Waals surface area contributed by atoms with Gasteiger partial charge in [0.05, 0.1) is 12.7 Å².